The van der Waals surface area contributed by atoms with Crippen LogP contribution in [0.4, 0.5) is 0 Å². The van der Waals surface area contributed by atoms with Crippen LogP contribution in [0.2, 0.25) is 5.02 Å². The van der Waals surface area contributed by atoms with E-state index in [9.17, 15) is 8.42 Å². The zero-order valence-electron chi connectivity index (χ0n) is 10.1. The number of rotatable bonds is 2. The van der Waals surface area contributed by atoms with Crippen molar-refractivity contribution in [3.8, 4) is 0 Å². The average Bonchev–Trinajstić information content (AvgIpc) is 2.32. The number of hydrogen-bond donors (Lipinski definition) is 0. The molecule has 0 aliphatic rings. The van der Waals surface area contributed by atoms with E-state index in [1.165, 1.54) is 12.1 Å². The molecule has 0 aliphatic heterocycles. The summed E-state index contributed by atoms with van der Waals surface area (Å²) in [6.45, 7) is 3.67. The Balaban J connectivity index is 2.61. The molecule has 2 aromatic carbocycles. The molecule has 0 radical (unpaired) electrons. The molecule has 2 rings (SSSR count). The third-order valence-corrected chi connectivity index (χ3v) is 4.92. The molecule has 0 bridgehead atoms. The van der Waals surface area contributed by atoms with E-state index in [0.717, 1.165) is 11.1 Å². The van der Waals surface area contributed by atoms with E-state index >= 15 is 0 Å². The van der Waals surface area contributed by atoms with Gasteiger partial charge in [-0.1, -0.05) is 23.7 Å². The van der Waals surface area contributed by atoms with Crippen molar-refractivity contribution in [1.29, 1.82) is 0 Å². The van der Waals surface area contributed by atoms with E-state index in [1.54, 1.807) is 25.1 Å². The highest BCUT2D eigenvalue weighted by Crippen LogP contribution is 2.25. The lowest BCUT2D eigenvalue weighted by molar-refractivity contribution is 0.595. The van der Waals surface area contributed by atoms with Gasteiger partial charge in [-0.2, -0.15) is 0 Å². The normalized spacial score (nSPS) is 11.5. The van der Waals surface area contributed by atoms with Crippen LogP contribution in [0, 0.1) is 13.8 Å². The lowest BCUT2D eigenvalue weighted by atomic mass is 10.2. The first kappa shape index (κ1) is 13.1. The third kappa shape index (κ3) is 2.42. The minimum Gasteiger partial charge on any atom is -0.219 e. The summed E-state index contributed by atoms with van der Waals surface area (Å²) in [6.07, 6.45) is 0. The Hall–Kier alpha value is -1.32. The first-order valence-electron chi connectivity index (χ1n) is 5.49. The number of benzene rings is 2. The van der Waals surface area contributed by atoms with Gasteiger partial charge in [0.15, 0.2) is 0 Å². The molecule has 94 valence electrons. The fourth-order valence-electron chi connectivity index (χ4n) is 1.74. The molecule has 0 saturated heterocycles. The second kappa shape index (κ2) is 4.75. The second-order valence-corrected chi connectivity index (χ2v) is 6.58. The zero-order valence-corrected chi connectivity index (χ0v) is 11.7. The molecule has 0 aliphatic carbocycles. The van der Waals surface area contributed by atoms with E-state index in [-0.39, 0.29) is 4.90 Å². The molecule has 0 unspecified atom stereocenters. The van der Waals surface area contributed by atoms with Crippen molar-refractivity contribution < 1.29 is 8.42 Å². The van der Waals surface area contributed by atoms with Gasteiger partial charge in [-0.15, -0.1) is 0 Å². The molecule has 0 spiro atoms. The molecule has 18 heavy (non-hydrogen) atoms. The lowest BCUT2D eigenvalue weighted by Gasteiger charge is -2.08. The monoisotopic (exact) mass is 280 g/mol. The SMILES string of the molecule is Cc1ccc(C)c(S(=O)(=O)c2ccc(Cl)cc2)c1. The van der Waals surface area contributed by atoms with E-state index in [4.69, 9.17) is 11.6 Å². The maximum atomic E-state index is 12.5. The molecule has 0 fully saturated rings. The minimum absolute atomic E-state index is 0.264. The summed E-state index contributed by atoms with van der Waals surface area (Å²) >= 11 is 5.77. The Morgan fingerprint density at radius 3 is 2.17 bits per heavy atom. The van der Waals surface area contributed by atoms with Crippen molar-refractivity contribution in [3.05, 3.63) is 58.6 Å². The zero-order chi connectivity index (χ0) is 13.3. The largest absolute Gasteiger partial charge is 0.219 e. The summed E-state index contributed by atoms with van der Waals surface area (Å²) in [5.41, 5.74) is 1.67. The van der Waals surface area contributed by atoms with Crippen molar-refractivity contribution in [2.75, 3.05) is 0 Å². The van der Waals surface area contributed by atoms with Crippen LogP contribution in [0.3, 0.4) is 0 Å². The topological polar surface area (TPSA) is 34.1 Å². The fraction of sp³-hybridized carbons (Fsp3) is 0.143. The Kier molecular flexibility index (Phi) is 3.46. The van der Waals surface area contributed by atoms with Crippen molar-refractivity contribution in [2.45, 2.75) is 23.6 Å². The second-order valence-electron chi connectivity index (χ2n) is 4.23. The van der Waals surface area contributed by atoms with Gasteiger partial charge in [0.25, 0.3) is 0 Å². The smallest absolute Gasteiger partial charge is 0.206 e. The van der Waals surface area contributed by atoms with Crippen molar-refractivity contribution in [3.63, 3.8) is 0 Å². The number of hydrogen-bond acceptors (Lipinski definition) is 2. The molecule has 0 aromatic heterocycles. The van der Waals surface area contributed by atoms with Crippen molar-refractivity contribution in [2.24, 2.45) is 0 Å². The van der Waals surface area contributed by atoms with E-state index in [1.807, 2.05) is 19.1 Å². The summed E-state index contributed by atoms with van der Waals surface area (Å²) in [4.78, 5) is 0.616. The molecule has 2 aromatic rings. The van der Waals surface area contributed by atoms with Crippen LogP contribution < -0.4 is 0 Å². The van der Waals surface area contributed by atoms with E-state index in [0.29, 0.717) is 9.92 Å². The van der Waals surface area contributed by atoms with Gasteiger partial charge in [-0.3, -0.25) is 0 Å². The van der Waals surface area contributed by atoms with Gasteiger partial charge < -0.3 is 0 Å². The van der Waals surface area contributed by atoms with Crippen molar-refractivity contribution >= 4 is 21.4 Å². The molecule has 0 atom stereocenters. The van der Waals surface area contributed by atoms with Crippen LogP contribution in [0.5, 0.6) is 0 Å². The highest BCUT2D eigenvalue weighted by Gasteiger charge is 2.19. The van der Waals surface area contributed by atoms with Gasteiger partial charge in [0.2, 0.25) is 9.84 Å². The Morgan fingerprint density at radius 2 is 1.56 bits per heavy atom. The van der Waals surface area contributed by atoms with Crippen LogP contribution in [0.1, 0.15) is 11.1 Å². The van der Waals surface area contributed by atoms with Gasteiger partial charge in [-0.25, -0.2) is 8.42 Å². The highest BCUT2D eigenvalue weighted by molar-refractivity contribution is 7.91. The first-order chi connectivity index (χ1) is 8.41. The Labute approximate surface area is 112 Å². The van der Waals surface area contributed by atoms with E-state index in [2.05, 4.69) is 0 Å². The van der Waals surface area contributed by atoms with Crippen LogP contribution in [-0.4, -0.2) is 8.42 Å². The average molecular weight is 281 g/mol. The summed E-state index contributed by atoms with van der Waals surface area (Å²) in [5, 5.41) is 0.523. The molecular weight excluding hydrogens is 268 g/mol. The highest BCUT2D eigenvalue weighted by atomic mass is 35.5. The molecule has 0 saturated carbocycles. The van der Waals surface area contributed by atoms with Crippen LogP contribution in [0.25, 0.3) is 0 Å². The summed E-state index contributed by atoms with van der Waals surface area (Å²) in [7, 11) is -3.47. The van der Waals surface area contributed by atoms with Gasteiger partial charge in [0.05, 0.1) is 9.79 Å². The van der Waals surface area contributed by atoms with Gasteiger partial charge >= 0.3 is 0 Å². The molecule has 0 amide bonds. The maximum Gasteiger partial charge on any atom is 0.206 e. The maximum absolute atomic E-state index is 12.5. The van der Waals surface area contributed by atoms with E-state index < -0.39 is 9.84 Å². The Morgan fingerprint density at radius 1 is 0.944 bits per heavy atom. The number of aryl methyl sites for hydroxylation is 2. The quantitative estimate of drug-likeness (QED) is 0.839. The van der Waals surface area contributed by atoms with Crippen LogP contribution >= 0.6 is 11.6 Å². The van der Waals surface area contributed by atoms with Crippen LogP contribution in [0.15, 0.2) is 52.3 Å². The molecule has 0 N–H and O–H groups in total. The fourth-order valence-corrected chi connectivity index (χ4v) is 3.44. The standard InChI is InChI=1S/C14H13ClO2S/c1-10-3-4-11(2)14(9-10)18(16,17)13-7-5-12(15)6-8-13/h3-9H,1-2H3. The minimum atomic E-state index is -3.47. The van der Waals surface area contributed by atoms with Gasteiger partial charge in [0.1, 0.15) is 0 Å². The number of sulfone groups is 1. The van der Waals surface area contributed by atoms with Gasteiger partial charge in [0, 0.05) is 5.02 Å². The molecular formula is C14H13ClO2S. The molecule has 4 heteroatoms. The predicted octanol–water partition coefficient (Wildman–Crippen LogP) is 3.79. The molecule has 0 heterocycles. The van der Waals surface area contributed by atoms with Crippen molar-refractivity contribution in [1.82, 2.24) is 0 Å². The Bertz CT molecular complexity index is 673. The molecule has 2 nitrogen and oxygen atoms in total. The van der Waals surface area contributed by atoms with Crippen LogP contribution in [-0.2, 0) is 9.84 Å². The summed E-state index contributed by atoms with van der Waals surface area (Å²) in [5.74, 6) is 0. The first-order valence-corrected chi connectivity index (χ1v) is 7.35. The van der Waals surface area contributed by atoms with Gasteiger partial charge in [-0.05, 0) is 55.3 Å². The lowest BCUT2D eigenvalue weighted by Crippen LogP contribution is -2.04. The summed E-state index contributed by atoms with van der Waals surface area (Å²) < 4.78 is 25.0. The third-order valence-electron chi connectivity index (χ3n) is 2.76. The predicted molar refractivity (Wildman–Crippen MR) is 72.8 cm³/mol. The number of halogens is 1. The summed E-state index contributed by atoms with van der Waals surface area (Å²) in [6, 6.07) is 11.6.